The molecule has 4 heteroatoms. The van der Waals surface area contributed by atoms with Crippen molar-refractivity contribution in [3.63, 3.8) is 0 Å². The molecule has 0 saturated heterocycles. The third kappa shape index (κ3) is 2.86. The highest BCUT2D eigenvalue weighted by Crippen LogP contribution is 2.38. The number of likely N-dealkylation sites (N-methyl/N-ethyl adjacent to an activating group) is 1. The topological polar surface area (TPSA) is 21.3 Å². The van der Waals surface area contributed by atoms with Gasteiger partial charge in [-0.2, -0.15) is 0 Å². The van der Waals surface area contributed by atoms with Gasteiger partial charge in [0.25, 0.3) is 0 Å². The number of ether oxygens (including phenoxy) is 1. The minimum Gasteiger partial charge on any atom is -0.374 e. The summed E-state index contributed by atoms with van der Waals surface area (Å²) in [6.07, 6.45) is 0.983. The minimum atomic E-state index is -0.156. The molecule has 92 valence electrons. The highest BCUT2D eigenvalue weighted by Gasteiger charge is 2.35. The fourth-order valence-corrected chi connectivity index (χ4v) is 3.80. The van der Waals surface area contributed by atoms with Gasteiger partial charge in [0.15, 0.2) is 0 Å². The van der Waals surface area contributed by atoms with Crippen molar-refractivity contribution in [2.75, 3.05) is 13.7 Å². The molecule has 0 aromatic carbocycles. The molecule has 0 saturated carbocycles. The summed E-state index contributed by atoms with van der Waals surface area (Å²) in [5.74, 6) is 0. The van der Waals surface area contributed by atoms with E-state index in [-0.39, 0.29) is 11.6 Å². The van der Waals surface area contributed by atoms with E-state index in [0.29, 0.717) is 0 Å². The maximum Gasteiger partial charge on any atom is 0.0853 e. The number of halogens is 1. The highest BCUT2D eigenvalue weighted by atomic mass is 79.9. The van der Waals surface area contributed by atoms with Crippen molar-refractivity contribution in [3.05, 3.63) is 20.8 Å². The van der Waals surface area contributed by atoms with Gasteiger partial charge in [-0.05, 0) is 54.7 Å². The molecule has 1 heterocycles. The highest BCUT2D eigenvalue weighted by molar-refractivity contribution is 9.10. The van der Waals surface area contributed by atoms with Crippen LogP contribution < -0.4 is 5.32 Å². The van der Waals surface area contributed by atoms with Crippen LogP contribution in [0.5, 0.6) is 0 Å². The first-order chi connectivity index (χ1) is 7.59. The molecule has 0 amide bonds. The van der Waals surface area contributed by atoms with Gasteiger partial charge in [-0.15, -0.1) is 11.3 Å². The molecular formula is C12H20BrNOS. The first kappa shape index (κ1) is 14.2. The lowest BCUT2D eigenvalue weighted by Gasteiger charge is -2.36. The summed E-state index contributed by atoms with van der Waals surface area (Å²) in [6, 6.07) is 2.32. The quantitative estimate of drug-likeness (QED) is 0.858. The lowest BCUT2D eigenvalue weighted by molar-refractivity contribution is -0.0540. The van der Waals surface area contributed by atoms with Crippen LogP contribution in [0.3, 0.4) is 0 Å². The van der Waals surface area contributed by atoms with E-state index in [4.69, 9.17) is 4.74 Å². The molecule has 0 aliphatic heterocycles. The van der Waals surface area contributed by atoms with Gasteiger partial charge in [0.2, 0.25) is 0 Å². The summed E-state index contributed by atoms with van der Waals surface area (Å²) in [7, 11) is 1.99. The van der Waals surface area contributed by atoms with E-state index in [2.05, 4.69) is 46.5 Å². The van der Waals surface area contributed by atoms with E-state index < -0.39 is 0 Å². The van der Waals surface area contributed by atoms with Crippen LogP contribution in [0.2, 0.25) is 0 Å². The Morgan fingerprint density at radius 3 is 2.62 bits per heavy atom. The summed E-state index contributed by atoms with van der Waals surface area (Å²) in [5, 5.41) is 5.48. The summed E-state index contributed by atoms with van der Waals surface area (Å²) in [6.45, 7) is 7.13. The second-order valence-electron chi connectivity index (χ2n) is 3.95. The average molecular weight is 306 g/mol. The van der Waals surface area contributed by atoms with Crippen LogP contribution in [0, 0.1) is 0 Å². The van der Waals surface area contributed by atoms with E-state index in [1.54, 1.807) is 11.3 Å². The van der Waals surface area contributed by atoms with Crippen LogP contribution in [0.1, 0.15) is 38.1 Å². The third-order valence-corrected chi connectivity index (χ3v) is 4.92. The largest absolute Gasteiger partial charge is 0.374 e. The van der Waals surface area contributed by atoms with Gasteiger partial charge >= 0.3 is 0 Å². The van der Waals surface area contributed by atoms with Crippen LogP contribution in [-0.2, 0) is 4.74 Å². The van der Waals surface area contributed by atoms with Gasteiger partial charge in [0.1, 0.15) is 0 Å². The van der Waals surface area contributed by atoms with E-state index in [0.717, 1.165) is 17.5 Å². The molecule has 16 heavy (non-hydrogen) atoms. The zero-order chi connectivity index (χ0) is 12.2. The van der Waals surface area contributed by atoms with E-state index >= 15 is 0 Å². The standard InChI is InChI=1S/C12H20BrNOS/c1-5-12(3,15-6-2)11(14-4)10-9(13)7-8-16-10/h7-8,11,14H,5-6H2,1-4H3. The third-order valence-electron chi connectivity index (χ3n) is 2.98. The lowest BCUT2D eigenvalue weighted by atomic mass is 9.92. The average Bonchev–Trinajstić information content (AvgIpc) is 2.66. The Morgan fingerprint density at radius 1 is 1.56 bits per heavy atom. The van der Waals surface area contributed by atoms with Gasteiger partial charge in [0.05, 0.1) is 11.6 Å². The van der Waals surface area contributed by atoms with Crippen molar-refractivity contribution in [3.8, 4) is 0 Å². The Balaban J connectivity index is 3.00. The van der Waals surface area contributed by atoms with Gasteiger partial charge in [0, 0.05) is 16.0 Å². The molecule has 1 aromatic rings. The summed E-state index contributed by atoms with van der Waals surface area (Å²) >= 11 is 5.36. The van der Waals surface area contributed by atoms with Gasteiger partial charge in [-0.3, -0.25) is 0 Å². The summed E-state index contributed by atoms with van der Waals surface area (Å²) in [4.78, 5) is 1.31. The Bertz CT molecular complexity index is 329. The van der Waals surface area contributed by atoms with Crippen molar-refractivity contribution in [1.82, 2.24) is 5.32 Å². The fourth-order valence-electron chi connectivity index (χ4n) is 1.94. The molecule has 0 spiro atoms. The number of rotatable bonds is 6. The summed E-state index contributed by atoms with van der Waals surface area (Å²) < 4.78 is 7.10. The van der Waals surface area contributed by atoms with E-state index in [1.165, 1.54) is 4.88 Å². The van der Waals surface area contributed by atoms with Crippen LogP contribution in [0.15, 0.2) is 15.9 Å². The number of hydrogen-bond donors (Lipinski definition) is 1. The smallest absolute Gasteiger partial charge is 0.0853 e. The van der Waals surface area contributed by atoms with Crippen molar-refractivity contribution in [2.24, 2.45) is 0 Å². The molecule has 0 bridgehead atoms. The molecule has 0 aliphatic carbocycles. The number of nitrogens with one attached hydrogen (secondary N) is 1. The van der Waals surface area contributed by atoms with Crippen LogP contribution >= 0.6 is 27.3 Å². The molecule has 1 N–H and O–H groups in total. The molecule has 1 aromatic heterocycles. The molecule has 2 nitrogen and oxygen atoms in total. The fraction of sp³-hybridized carbons (Fsp3) is 0.667. The normalized spacial score (nSPS) is 17.1. The van der Waals surface area contributed by atoms with Crippen LogP contribution in [-0.4, -0.2) is 19.3 Å². The Hall–Kier alpha value is 0.100. The molecule has 2 atom stereocenters. The molecular weight excluding hydrogens is 286 g/mol. The van der Waals surface area contributed by atoms with Crippen LogP contribution in [0.4, 0.5) is 0 Å². The monoisotopic (exact) mass is 305 g/mol. The molecule has 2 unspecified atom stereocenters. The zero-order valence-electron chi connectivity index (χ0n) is 10.3. The van der Waals surface area contributed by atoms with Gasteiger partial charge in [-0.25, -0.2) is 0 Å². The maximum atomic E-state index is 5.93. The molecule has 0 aliphatic rings. The lowest BCUT2D eigenvalue weighted by Crippen LogP contribution is -2.42. The molecule has 0 fully saturated rings. The van der Waals surface area contributed by atoms with Crippen molar-refractivity contribution in [1.29, 1.82) is 0 Å². The number of thiophene rings is 1. The minimum absolute atomic E-state index is 0.156. The molecule has 1 rings (SSSR count). The van der Waals surface area contributed by atoms with E-state index in [1.807, 2.05) is 14.0 Å². The first-order valence-electron chi connectivity index (χ1n) is 5.63. The zero-order valence-corrected chi connectivity index (χ0v) is 12.7. The van der Waals surface area contributed by atoms with Crippen molar-refractivity contribution >= 4 is 27.3 Å². The predicted octanol–water partition coefficient (Wildman–Crippen LogP) is 3.98. The van der Waals surface area contributed by atoms with Crippen LogP contribution in [0.25, 0.3) is 0 Å². The second kappa shape index (κ2) is 6.15. The maximum absolute atomic E-state index is 5.93. The van der Waals surface area contributed by atoms with E-state index in [9.17, 15) is 0 Å². The summed E-state index contributed by atoms with van der Waals surface area (Å²) in [5.41, 5.74) is -0.156. The van der Waals surface area contributed by atoms with Crippen molar-refractivity contribution < 1.29 is 4.74 Å². The van der Waals surface area contributed by atoms with Gasteiger partial charge in [-0.1, -0.05) is 6.92 Å². The SMILES string of the molecule is CCOC(C)(CC)C(NC)c1sccc1Br. The Morgan fingerprint density at radius 2 is 2.25 bits per heavy atom. The first-order valence-corrected chi connectivity index (χ1v) is 7.30. The van der Waals surface area contributed by atoms with Gasteiger partial charge < -0.3 is 10.1 Å². The Labute approximate surface area is 111 Å². The number of hydrogen-bond acceptors (Lipinski definition) is 3. The second-order valence-corrected chi connectivity index (χ2v) is 5.76. The Kier molecular flexibility index (Phi) is 5.44. The van der Waals surface area contributed by atoms with Crippen molar-refractivity contribution in [2.45, 2.75) is 38.8 Å². The molecule has 0 radical (unpaired) electrons. The predicted molar refractivity (Wildman–Crippen MR) is 74.1 cm³/mol.